The van der Waals surface area contributed by atoms with Crippen LogP contribution in [0.25, 0.3) is 0 Å². The van der Waals surface area contributed by atoms with Crippen molar-refractivity contribution in [3.8, 4) is 17.4 Å². The standard InChI is InChI=1S/C19H23N3O4/c1-2-24-15-5-7-16(8-6-15)25-13-19(23)22-11-3-4-17(12-22)26-18-9-10-20-14-21-18/h5-10,14,17H,2-4,11-13H2,1H3. The fourth-order valence-electron chi connectivity index (χ4n) is 2.82. The molecule has 0 saturated carbocycles. The van der Waals surface area contributed by atoms with Gasteiger partial charge in [-0.2, -0.15) is 0 Å². The number of likely N-dealkylation sites (tertiary alicyclic amines) is 1. The molecule has 7 nitrogen and oxygen atoms in total. The molecule has 1 aliphatic rings. The molecule has 138 valence electrons. The normalized spacial score (nSPS) is 16.8. The van der Waals surface area contributed by atoms with Crippen molar-refractivity contribution >= 4 is 5.91 Å². The molecule has 1 aliphatic heterocycles. The van der Waals surface area contributed by atoms with Crippen molar-refractivity contribution < 1.29 is 19.0 Å². The number of benzene rings is 1. The highest BCUT2D eigenvalue weighted by atomic mass is 16.5. The van der Waals surface area contributed by atoms with Gasteiger partial charge in [0.25, 0.3) is 5.91 Å². The Hall–Kier alpha value is -2.83. The lowest BCUT2D eigenvalue weighted by Crippen LogP contribution is -2.46. The SMILES string of the molecule is CCOc1ccc(OCC(=O)N2CCCC(Oc3ccncn3)C2)cc1. The smallest absolute Gasteiger partial charge is 0.260 e. The molecule has 2 heterocycles. The Kier molecular flexibility index (Phi) is 6.24. The van der Waals surface area contributed by atoms with Crippen molar-refractivity contribution in [2.45, 2.75) is 25.9 Å². The summed E-state index contributed by atoms with van der Waals surface area (Å²) in [5.74, 6) is 1.92. The summed E-state index contributed by atoms with van der Waals surface area (Å²) in [6, 6.07) is 8.98. The Morgan fingerprint density at radius 3 is 2.65 bits per heavy atom. The number of hydrogen-bond donors (Lipinski definition) is 0. The third-order valence-electron chi connectivity index (χ3n) is 4.07. The van der Waals surface area contributed by atoms with Crippen LogP contribution in [-0.4, -0.2) is 53.2 Å². The van der Waals surface area contributed by atoms with Crippen LogP contribution in [-0.2, 0) is 4.79 Å². The molecular formula is C19H23N3O4. The van der Waals surface area contributed by atoms with E-state index in [1.54, 1.807) is 29.3 Å². The third-order valence-corrected chi connectivity index (χ3v) is 4.07. The van der Waals surface area contributed by atoms with E-state index < -0.39 is 0 Å². The Labute approximate surface area is 152 Å². The molecule has 3 rings (SSSR count). The average Bonchev–Trinajstić information content (AvgIpc) is 2.68. The summed E-state index contributed by atoms with van der Waals surface area (Å²) >= 11 is 0. The van der Waals surface area contributed by atoms with Crippen LogP contribution in [0.4, 0.5) is 0 Å². The Morgan fingerprint density at radius 2 is 1.96 bits per heavy atom. The number of carbonyl (C=O) groups is 1. The van der Waals surface area contributed by atoms with Crippen molar-refractivity contribution in [1.29, 1.82) is 0 Å². The number of nitrogens with zero attached hydrogens (tertiary/aromatic N) is 3. The zero-order chi connectivity index (χ0) is 18.2. The second-order valence-corrected chi connectivity index (χ2v) is 5.96. The lowest BCUT2D eigenvalue weighted by molar-refractivity contribution is -0.136. The molecule has 1 aromatic carbocycles. The van der Waals surface area contributed by atoms with E-state index in [1.165, 1.54) is 6.33 Å². The van der Waals surface area contributed by atoms with Gasteiger partial charge in [-0.1, -0.05) is 0 Å². The second kappa shape index (κ2) is 9.03. The molecule has 1 fully saturated rings. The van der Waals surface area contributed by atoms with Gasteiger partial charge in [-0.15, -0.1) is 0 Å². The van der Waals surface area contributed by atoms with Gasteiger partial charge in [0.05, 0.1) is 13.2 Å². The van der Waals surface area contributed by atoms with Crippen molar-refractivity contribution in [2.75, 3.05) is 26.3 Å². The summed E-state index contributed by atoms with van der Waals surface area (Å²) in [6.45, 7) is 3.81. The van der Waals surface area contributed by atoms with Gasteiger partial charge in [0.2, 0.25) is 5.88 Å². The molecule has 2 aromatic rings. The summed E-state index contributed by atoms with van der Waals surface area (Å²) in [5.41, 5.74) is 0. The maximum absolute atomic E-state index is 12.4. The number of rotatable bonds is 7. The van der Waals surface area contributed by atoms with Gasteiger partial charge in [-0.25, -0.2) is 9.97 Å². The van der Waals surface area contributed by atoms with E-state index in [2.05, 4.69) is 9.97 Å². The summed E-state index contributed by atoms with van der Waals surface area (Å²) < 4.78 is 16.8. The van der Waals surface area contributed by atoms with Crippen LogP contribution >= 0.6 is 0 Å². The lowest BCUT2D eigenvalue weighted by atomic mass is 10.1. The maximum atomic E-state index is 12.4. The monoisotopic (exact) mass is 357 g/mol. The first-order valence-corrected chi connectivity index (χ1v) is 8.80. The Balaban J connectivity index is 1.47. The number of hydrogen-bond acceptors (Lipinski definition) is 6. The Bertz CT molecular complexity index is 694. The van der Waals surface area contributed by atoms with Gasteiger partial charge in [0, 0.05) is 18.8 Å². The zero-order valence-electron chi connectivity index (χ0n) is 14.8. The molecule has 0 bridgehead atoms. The topological polar surface area (TPSA) is 73.8 Å². The van der Waals surface area contributed by atoms with E-state index in [9.17, 15) is 4.79 Å². The maximum Gasteiger partial charge on any atom is 0.260 e. The zero-order valence-corrected chi connectivity index (χ0v) is 14.8. The van der Waals surface area contributed by atoms with Gasteiger partial charge in [-0.05, 0) is 44.0 Å². The first-order chi connectivity index (χ1) is 12.7. The molecule has 26 heavy (non-hydrogen) atoms. The first-order valence-electron chi connectivity index (χ1n) is 8.80. The first kappa shape index (κ1) is 18.0. The van der Waals surface area contributed by atoms with Crippen LogP contribution in [0.3, 0.4) is 0 Å². The highest BCUT2D eigenvalue weighted by Crippen LogP contribution is 2.19. The lowest BCUT2D eigenvalue weighted by Gasteiger charge is -2.32. The van der Waals surface area contributed by atoms with Crippen molar-refractivity contribution in [3.63, 3.8) is 0 Å². The van der Waals surface area contributed by atoms with E-state index in [-0.39, 0.29) is 18.6 Å². The molecule has 7 heteroatoms. The fourth-order valence-corrected chi connectivity index (χ4v) is 2.82. The van der Waals surface area contributed by atoms with E-state index in [0.29, 0.717) is 24.8 Å². The Morgan fingerprint density at radius 1 is 1.19 bits per heavy atom. The van der Waals surface area contributed by atoms with Crippen LogP contribution < -0.4 is 14.2 Å². The van der Waals surface area contributed by atoms with Crippen LogP contribution in [0.5, 0.6) is 17.4 Å². The molecule has 1 aromatic heterocycles. The molecule has 1 saturated heterocycles. The predicted molar refractivity (Wildman–Crippen MR) is 95.4 cm³/mol. The molecule has 0 spiro atoms. The molecule has 0 radical (unpaired) electrons. The highest BCUT2D eigenvalue weighted by Gasteiger charge is 2.25. The highest BCUT2D eigenvalue weighted by molar-refractivity contribution is 5.77. The van der Waals surface area contributed by atoms with Gasteiger partial charge in [0.15, 0.2) is 6.61 Å². The summed E-state index contributed by atoms with van der Waals surface area (Å²) in [6.07, 6.45) is 4.82. The fraction of sp³-hybridized carbons (Fsp3) is 0.421. The van der Waals surface area contributed by atoms with E-state index >= 15 is 0 Å². The molecule has 1 unspecified atom stereocenters. The van der Waals surface area contributed by atoms with Crippen LogP contribution in [0, 0.1) is 0 Å². The van der Waals surface area contributed by atoms with Crippen molar-refractivity contribution in [3.05, 3.63) is 42.9 Å². The summed E-state index contributed by atoms with van der Waals surface area (Å²) in [7, 11) is 0. The van der Waals surface area contributed by atoms with Gasteiger partial charge in [0.1, 0.15) is 23.9 Å². The number of ether oxygens (including phenoxy) is 3. The molecule has 1 atom stereocenters. The molecule has 1 amide bonds. The van der Waals surface area contributed by atoms with Gasteiger partial charge < -0.3 is 19.1 Å². The van der Waals surface area contributed by atoms with Crippen molar-refractivity contribution in [1.82, 2.24) is 14.9 Å². The van der Waals surface area contributed by atoms with Gasteiger partial charge >= 0.3 is 0 Å². The number of piperidine rings is 1. The number of amides is 1. The largest absolute Gasteiger partial charge is 0.494 e. The molecular weight excluding hydrogens is 334 g/mol. The van der Waals surface area contributed by atoms with Crippen LogP contribution in [0.1, 0.15) is 19.8 Å². The number of aromatic nitrogens is 2. The minimum atomic E-state index is -0.0620. The molecule has 0 aliphatic carbocycles. The minimum absolute atomic E-state index is 0.00814. The summed E-state index contributed by atoms with van der Waals surface area (Å²) in [4.78, 5) is 22.2. The number of carbonyl (C=O) groups excluding carboxylic acids is 1. The molecule has 0 N–H and O–H groups in total. The van der Waals surface area contributed by atoms with E-state index in [1.807, 2.05) is 19.1 Å². The van der Waals surface area contributed by atoms with Crippen LogP contribution in [0.15, 0.2) is 42.9 Å². The average molecular weight is 357 g/mol. The third kappa shape index (κ3) is 5.08. The van der Waals surface area contributed by atoms with Crippen LogP contribution in [0.2, 0.25) is 0 Å². The second-order valence-electron chi connectivity index (χ2n) is 5.96. The quantitative estimate of drug-likeness (QED) is 0.757. The summed E-state index contributed by atoms with van der Waals surface area (Å²) in [5, 5.41) is 0. The predicted octanol–water partition coefficient (Wildman–Crippen LogP) is 2.32. The van der Waals surface area contributed by atoms with Crippen molar-refractivity contribution in [2.24, 2.45) is 0 Å². The van der Waals surface area contributed by atoms with E-state index in [0.717, 1.165) is 25.1 Å². The van der Waals surface area contributed by atoms with Gasteiger partial charge in [-0.3, -0.25) is 4.79 Å². The minimum Gasteiger partial charge on any atom is -0.494 e. The van der Waals surface area contributed by atoms with E-state index in [4.69, 9.17) is 14.2 Å².